The summed E-state index contributed by atoms with van der Waals surface area (Å²) in [7, 11) is 1.48. The van der Waals surface area contributed by atoms with Crippen LogP contribution in [0.3, 0.4) is 0 Å². The topological polar surface area (TPSA) is 84.0 Å². The van der Waals surface area contributed by atoms with Crippen molar-refractivity contribution in [2.45, 2.75) is 25.7 Å². The first-order valence-corrected chi connectivity index (χ1v) is 11.4. The van der Waals surface area contributed by atoms with Crippen LogP contribution >= 0.6 is 23.2 Å². The van der Waals surface area contributed by atoms with E-state index in [0.717, 1.165) is 22.9 Å². The Kier molecular flexibility index (Phi) is 6.72. The number of fused-ring (bicyclic) bond motifs is 1. The molecule has 7 nitrogen and oxygen atoms in total. The molecule has 0 aromatic heterocycles. The molecule has 0 radical (unpaired) electrons. The molecule has 2 atom stereocenters. The monoisotopic (exact) mass is 488 g/mol. The Labute approximate surface area is 201 Å². The summed E-state index contributed by atoms with van der Waals surface area (Å²) >= 11 is 12.1. The minimum Gasteiger partial charge on any atom is -0.497 e. The lowest BCUT2D eigenvalue weighted by atomic mass is 9.81. The molecule has 9 heteroatoms. The van der Waals surface area contributed by atoms with E-state index < -0.39 is 41.9 Å². The number of carbonyl (C=O) groups excluding carboxylic acids is 4. The van der Waals surface area contributed by atoms with E-state index in [0.29, 0.717) is 18.6 Å². The zero-order valence-corrected chi connectivity index (χ0v) is 19.4. The van der Waals surface area contributed by atoms with E-state index in [1.165, 1.54) is 31.4 Å². The molecule has 4 rings (SSSR count). The molecule has 0 unspecified atom stereocenters. The van der Waals surface area contributed by atoms with Crippen molar-refractivity contribution in [3.8, 4) is 5.75 Å². The lowest BCUT2D eigenvalue weighted by Gasteiger charge is -2.30. The average molecular weight is 489 g/mol. The fourth-order valence-electron chi connectivity index (χ4n) is 4.42. The minimum atomic E-state index is -0.690. The Morgan fingerprint density at radius 2 is 1.64 bits per heavy atom. The molecule has 0 bridgehead atoms. The van der Waals surface area contributed by atoms with Crippen molar-refractivity contribution in [1.29, 1.82) is 0 Å². The van der Waals surface area contributed by atoms with E-state index in [-0.39, 0.29) is 21.2 Å². The summed E-state index contributed by atoms with van der Waals surface area (Å²) in [5.74, 6) is -2.50. The van der Waals surface area contributed by atoms with Gasteiger partial charge in [0.05, 0.1) is 29.0 Å². The molecule has 1 aliphatic carbocycles. The van der Waals surface area contributed by atoms with Gasteiger partial charge in [0.1, 0.15) is 12.3 Å². The fraction of sp³-hybridized carbons (Fsp3) is 0.333. The van der Waals surface area contributed by atoms with Gasteiger partial charge in [0, 0.05) is 11.1 Å². The third-order valence-corrected chi connectivity index (χ3v) is 6.88. The van der Waals surface area contributed by atoms with Crippen LogP contribution in [0, 0.1) is 11.8 Å². The van der Waals surface area contributed by atoms with Crippen molar-refractivity contribution in [2.24, 2.45) is 11.8 Å². The number of hydrogen-bond donors (Lipinski definition) is 0. The first-order valence-electron chi connectivity index (χ1n) is 10.6. The number of nitrogens with zero attached hydrogens (tertiary/aromatic N) is 2. The highest BCUT2D eigenvalue weighted by atomic mass is 35.5. The van der Waals surface area contributed by atoms with Gasteiger partial charge in [0.25, 0.3) is 17.7 Å². The number of carbonyl (C=O) groups is 4. The second kappa shape index (κ2) is 9.53. The lowest BCUT2D eigenvalue weighted by molar-refractivity contribution is -0.154. The lowest BCUT2D eigenvalue weighted by Crippen LogP contribution is -2.52. The number of methoxy groups -OCH3 is 1. The number of imide groups is 1. The summed E-state index contributed by atoms with van der Waals surface area (Å²) < 4.78 is 5.17. The third-order valence-electron chi connectivity index (χ3n) is 6.15. The molecule has 3 amide bonds. The van der Waals surface area contributed by atoms with Gasteiger partial charge < -0.3 is 4.74 Å². The molecule has 1 saturated heterocycles. The predicted molar refractivity (Wildman–Crippen MR) is 122 cm³/mol. The van der Waals surface area contributed by atoms with Gasteiger partial charge in [-0.3, -0.25) is 19.2 Å². The summed E-state index contributed by atoms with van der Waals surface area (Å²) in [5, 5.41) is 2.20. The zero-order chi connectivity index (χ0) is 23.7. The van der Waals surface area contributed by atoms with Crippen molar-refractivity contribution in [1.82, 2.24) is 10.0 Å². The Morgan fingerprint density at radius 1 is 0.970 bits per heavy atom. The second-order valence-corrected chi connectivity index (χ2v) is 8.95. The van der Waals surface area contributed by atoms with Crippen LogP contribution in [0.5, 0.6) is 5.75 Å². The normalized spacial score (nSPS) is 19.9. The van der Waals surface area contributed by atoms with Crippen molar-refractivity contribution < 1.29 is 23.9 Å². The van der Waals surface area contributed by atoms with Gasteiger partial charge in [-0.15, -0.1) is 0 Å². The SMILES string of the molecule is COc1cccc(C(=O)CN(C(=O)c2ccc(Cl)c(Cl)c2)N2C(=O)[C@H]3CCCC[C@H]3C2=O)c1. The van der Waals surface area contributed by atoms with Crippen molar-refractivity contribution in [3.05, 3.63) is 63.6 Å². The minimum absolute atomic E-state index is 0.110. The van der Waals surface area contributed by atoms with E-state index in [9.17, 15) is 19.2 Å². The maximum absolute atomic E-state index is 13.5. The van der Waals surface area contributed by atoms with E-state index in [1.54, 1.807) is 18.2 Å². The van der Waals surface area contributed by atoms with Gasteiger partial charge in [0.15, 0.2) is 5.78 Å². The number of hydrogen-bond acceptors (Lipinski definition) is 5. The molecule has 1 heterocycles. The summed E-state index contributed by atoms with van der Waals surface area (Å²) in [4.78, 5) is 53.0. The Morgan fingerprint density at radius 3 is 2.24 bits per heavy atom. The molecule has 33 heavy (non-hydrogen) atoms. The molecule has 2 fully saturated rings. The number of hydrazine groups is 1. The standard InChI is InChI=1S/C24H22Cl2N2O5/c1-33-16-6-4-5-14(11-16)21(29)13-27(22(30)15-9-10-19(25)20(26)12-15)28-23(31)17-7-2-3-8-18(17)24(28)32/h4-6,9-12,17-18H,2-3,7-8,13H2,1H3/t17-,18+. The molecule has 1 saturated carbocycles. The summed E-state index contributed by atoms with van der Waals surface area (Å²) in [6.45, 7) is -0.497. The Bertz CT molecular complexity index is 1110. The van der Waals surface area contributed by atoms with Gasteiger partial charge in [-0.2, -0.15) is 5.01 Å². The van der Waals surface area contributed by atoms with Gasteiger partial charge >= 0.3 is 0 Å². The fourth-order valence-corrected chi connectivity index (χ4v) is 4.72. The highest BCUT2D eigenvalue weighted by molar-refractivity contribution is 6.42. The number of Topliss-reactive ketones (excluding diaryl/α,β-unsaturated/α-hetero) is 1. The zero-order valence-electron chi connectivity index (χ0n) is 17.9. The molecule has 2 aromatic rings. The quantitative estimate of drug-likeness (QED) is 0.443. The first kappa shape index (κ1) is 23.3. The van der Waals surface area contributed by atoms with Gasteiger partial charge in [-0.05, 0) is 43.2 Å². The summed E-state index contributed by atoms with van der Waals surface area (Å²) in [6, 6.07) is 10.7. The van der Waals surface area contributed by atoms with E-state index in [4.69, 9.17) is 27.9 Å². The molecule has 0 spiro atoms. The van der Waals surface area contributed by atoms with Crippen LogP contribution in [0.4, 0.5) is 0 Å². The molecule has 0 N–H and O–H groups in total. The molecular formula is C24H22Cl2N2O5. The summed E-state index contributed by atoms with van der Waals surface area (Å²) in [5.41, 5.74) is 0.399. The average Bonchev–Trinajstić information content (AvgIpc) is 3.08. The molecule has 1 aliphatic heterocycles. The smallest absolute Gasteiger partial charge is 0.273 e. The van der Waals surface area contributed by atoms with Crippen LogP contribution in [0.2, 0.25) is 10.0 Å². The van der Waals surface area contributed by atoms with Gasteiger partial charge in [-0.1, -0.05) is 48.2 Å². The molecular weight excluding hydrogens is 467 g/mol. The number of ketones is 1. The van der Waals surface area contributed by atoms with Crippen molar-refractivity contribution in [3.63, 3.8) is 0 Å². The van der Waals surface area contributed by atoms with Crippen LogP contribution in [-0.4, -0.2) is 47.2 Å². The van der Waals surface area contributed by atoms with Crippen molar-refractivity contribution in [2.75, 3.05) is 13.7 Å². The van der Waals surface area contributed by atoms with E-state index >= 15 is 0 Å². The number of halogens is 2. The predicted octanol–water partition coefficient (Wildman–Crippen LogP) is 4.42. The van der Waals surface area contributed by atoms with Crippen LogP contribution in [-0.2, 0) is 9.59 Å². The number of ether oxygens (including phenoxy) is 1. The molecule has 2 aromatic carbocycles. The molecule has 172 valence electrons. The van der Waals surface area contributed by atoms with Crippen LogP contribution in [0.15, 0.2) is 42.5 Å². The van der Waals surface area contributed by atoms with Gasteiger partial charge in [-0.25, -0.2) is 5.01 Å². The van der Waals surface area contributed by atoms with Crippen LogP contribution < -0.4 is 4.74 Å². The Hall–Kier alpha value is -2.90. The highest BCUT2D eigenvalue weighted by Gasteiger charge is 2.51. The largest absolute Gasteiger partial charge is 0.497 e. The van der Waals surface area contributed by atoms with Crippen LogP contribution in [0.25, 0.3) is 0 Å². The number of rotatable bonds is 6. The number of benzene rings is 2. The second-order valence-electron chi connectivity index (χ2n) is 8.13. The molecule has 2 aliphatic rings. The Balaban J connectivity index is 1.70. The first-order chi connectivity index (χ1) is 15.8. The van der Waals surface area contributed by atoms with Crippen LogP contribution in [0.1, 0.15) is 46.4 Å². The maximum atomic E-state index is 13.5. The third kappa shape index (κ3) is 4.48. The van der Waals surface area contributed by atoms with E-state index in [2.05, 4.69) is 0 Å². The van der Waals surface area contributed by atoms with Crippen molar-refractivity contribution >= 4 is 46.7 Å². The van der Waals surface area contributed by atoms with Gasteiger partial charge in [0.2, 0.25) is 0 Å². The summed E-state index contributed by atoms with van der Waals surface area (Å²) in [6.07, 6.45) is 2.86. The highest BCUT2D eigenvalue weighted by Crippen LogP contribution is 2.39. The van der Waals surface area contributed by atoms with E-state index in [1.807, 2.05) is 0 Å². The number of amides is 3. The maximum Gasteiger partial charge on any atom is 0.273 e.